The van der Waals surface area contributed by atoms with E-state index in [-0.39, 0.29) is 28.7 Å². The van der Waals surface area contributed by atoms with Gasteiger partial charge in [-0.25, -0.2) is 9.37 Å². The Bertz CT molecular complexity index is 1200. The van der Waals surface area contributed by atoms with Gasteiger partial charge < -0.3 is 0 Å². The van der Waals surface area contributed by atoms with Crippen LogP contribution in [0.25, 0.3) is 21.8 Å². The summed E-state index contributed by atoms with van der Waals surface area (Å²) in [5.74, 6) is -0.469. The lowest BCUT2D eigenvalue weighted by Crippen LogP contribution is -2.32. The monoisotopic (exact) mass is 323 g/mol. The number of hydrogen-bond donors (Lipinski definition) is 0. The van der Waals surface area contributed by atoms with Crippen LogP contribution in [0.3, 0.4) is 0 Å². The Morgan fingerprint density at radius 3 is 2.62 bits per heavy atom. The third kappa shape index (κ3) is 2.24. The summed E-state index contributed by atoms with van der Waals surface area (Å²) in [5.41, 5.74) is -0.0000344. The van der Waals surface area contributed by atoms with E-state index in [4.69, 9.17) is 0 Å². The fraction of sp³-hybridized carbons (Fsp3) is 0.0625. The lowest BCUT2D eigenvalue weighted by Gasteiger charge is -2.08. The molecule has 0 aliphatic rings. The third-order valence-corrected chi connectivity index (χ3v) is 3.70. The fourth-order valence-electron chi connectivity index (χ4n) is 2.49. The maximum atomic E-state index is 13.2. The molecule has 0 radical (unpaired) electrons. The van der Waals surface area contributed by atoms with Crippen LogP contribution in [0.4, 0.5) is 4.39 Å². The van der Waals surface area contributed by atoms with Crippen LogP contribution in [0.5, 0.6) is 0 Å². The average molecular weight is 323 g/mol. The van der Waals surface area contributed by atoms with Gasteiger partial charge in [-0.05, 0) is 24.3 Å². The largest absolute Gasteiger partial charge is 0.279 e. The van der Waals surface area contributed by atoms with Gasteiger partial charge in [-0.3, -0.25) is 14.2 Å². The number of halogens is 1. The van der Waals surface area contributed by atoms with E-state index in [1.807, 2.05) is 0 Å². The summed E-state index contributed by atoms with van der Waals surface area (Å²) in [4.78, 5) is 28.9. The van der Waals surface area contributed by atoms with Crippen molar-refractivity contribution in [3.8, 4) is 0 Å². The van der Waals surface area contributed by atoms with Gasteiger partial charge in [0.25, 0.3) is 11.1 Å². The van der Waals surface area contributed by atoms with E-state index in [0.717, 1.165) is 4.68 Å². The van der Waals surface area contributed by atoms with Gasteiger partial charge in [0.1, 0.15) is 18.0 Å². The van der Waals surface area contributed by atoms with Crippen molar-refractivity contribution in [1.29, 1.82) is 0 Å². The Morgan fingerprint density at radius 2 is 1.75 bits per heavy atom. The highest BCUT2D eigenvalue weighted by molar-refractivity contribution is 5.77. The van der Waals surface area contributed by atoms with Crippen LogP contribution in [0, 0.1) is 5.82 Å². The molecule has 0 aliphatic heterocycles. The van der Waals surface area contributed by atoms with E-state index in [1.165, 1.54) is 29.1 Å². The molecule has 0 unspecified atom stereocenters. The van der Waals surface area contributed by atoms with E-state index in [0.29, 0.717) is 10.9 Å². The lowest BCUT2D eigenvalue weighted by molar-refractivity contribution is 0.487. The molecule has 0 bridgehead atoms. The molecule has 0 saturated carbocycles. The summed E-state index contributed by atoms with van der Waals surface area (Å²) in [6.07, 6.45) is 1.26. The first-order valence-electron chi connectivity index (χ1n) is 7.11. The topological polar surface area (TPSA) is 82.7 Å². The average Bonchev–Trinajstić information content (AvgIpc) is 2.60. The van der Waals surface area contributed by atoms with E-state index < -0.39 is 5.82 Å². The van der Waals surface area contributed by atoms with Gasteiger partial charge in [0.05, 0.1) is 22.6 Å². The Hall–Kier alpha value is -3.42. The Labute approximate surface area is 133 Å². The Kier molecular flexibility index (Phi) is 3.16. The quantitative estimate of drug-likeness (QED) is 0.552. The van der Waals surface area contributed by atoms with Gasteiger partial charge in [0.15, 0.2) is 0 Å². The lowest BCUT2D eigenvalue weighted by atomic mass is 10.2. The molecular formula is C16H10FN5O2. The number of rotatable bonds is 2. The van der Waals surface area contributed by atoms with Crippen molar-refractivity contribution in [3.05, 3.63) is 75.3 Å². The maximum absolute atomic E-state index is 13.2. The summed E-state index contributed by atoms with van der Waals surface area (Å²) >= 11 is 0. The molecule has 0 fully saturated rings. The highest BCUT2D eigenvalue weighted by Crippen LogP contribution is 2.08. The van der Waals surface area contributed by atoms with Gasteiger partial charge in [0.2, 0.25) is 0 Å². The van der Waals surface area contributed by atoms with E-state index in [1.54, 1.807) is 24.3 Å². The number of hydrogen-bond acceptors (Lipinski definition) is 5. The van der Waals surface area contributed by atoms with Crippen molar-refractivity contribution in [2.45, 2.75) is 6.67 Å². The van der Waals surface area contributed by atoms with Crippen molar-refractivity contribution in [1.82, 2.24) is 24.5 Å². The zero-order valence-electron chi connectivity index (χ0n) is 12.3. The predicted octanol–water partition coefficient (Wildman–Crippen LogP) is 1.15. The minimum Gasteiger partial charge on any atom is -0.278 e. The van der Waals surface area contributed by atoms with Crippen molar-refractivity contribution in [3.63, 3.8) is 0 Å². The van der Waals surface area contributed by atoms with Crippen molar-refractivity contribution in [2.75, 3.05) is 0 Å². The van der Waals surface area contributed by atoms with E-state index >= 15 is 0 Å². The zero-order valence-corrected chi connectivity index (χ0v) is 12.3. The molecule has 0 N–H and O–H groups in total. The number of aromatic nitrogens is 5. The van der Waals surface area contributed by atoms with Gasteiger partial charge in [-0.1, -0.05) is 17.3 Å². The molecule has 118 valence electrons. The summed E-state index contributed by atoms with van der Waals surface area (Å²) in [7, 11) is 0. The maximum Gasteiger partial charge on any atom is 0.279 e. The number of nitrogens with zero attached hydrogens (tertiary/aromatic N) is 5. The molecule has 7 nitrogen and oxygen atoms in total. The number of benzene rings is 2. The van der Waals surface area contributed by atoms with Crippen LogP contribution >= 0.6 is 0 Å². The molecule has 0 atom stereocenters. The standard InChI is InChI=1S/C16H10FN5O2/c17-10-5-6-12-14(7-10)18-8-21(15(12)23)9-22-16(24)11-3-1-2-4-13(11)19-20-22/h1-8H,9H2. The van der Waals surface area contributed by atoms with Crippen LogP contribution in [-0.4, -0.2) is 24.5 Å². The highest BCUT2D eigenvalue weighted by atomic mass is 19.1. The second kappa shape index (κ2) is 5.34. The summed E-state index contributed by atoms with van der Waals surface area (Å²) in [6, 6.07) is 10.6. The summed E-state index contributed by atoms with van der Waals surface area (Å²) < 4.78 is 15.5. The molecule has 24 heavy (non-hydrogen) atoms. The highest BCUT2D eigenvalue weighted by Gasteiger charge is 2.09. The van der Waals surface area contributed by atoms with Crippen LogP contribution < -0.4 is 11.1 Å². The molecule has 0 saturated heterocycles. The molecule has 4 aromatic rings. The molecule has 4 rings (SSSR count). The smallest absolute Gasteiger partial charge is 0.278 e. The van der Waals surface area contributed by atoms with Crippen molar-refractivity contribution >= 4 is 21.8 Å². The Morgan fingerprint density at radius 1 is 0.958 bits per heavy atom. The van der Waals surface area contributed by atoms with Gasteiger partial charge >= 0.3 is 0 Å². The third-order valence-electron chi connectivity index (χ3n) is 3.70. The molecule has 2 aromatic carbocycles. The van der Waals surface area contributed by atoms with Gasteiger partial charge in [0, 0.05) is 6.07 Å². The van der Waals surface area contributed by atoms with Crippen LogP contribution in [0.15, 0.2) is 58.4 Å². The number of fused-ring (bicyclic) bond motifs is 2. The normalized spacial score (nSPS) is 11.2. The van der Waals surface area contributed by atoms with Gasteiger partial charge in [-0.2, -0.15) is 4.68 Å². The first-order valence-corrected chi connectivity index (χ1v) is 7.11. The minimum absolute atomic E-state index is 0.129. The first-order chi connectivity index (χ1) is 11.6. The molecule has 8 heteroatoms. The molecule has 0 amide bonds. The molecular weight excluding hydrogens is 313 g/mol. The summed E-state index contributed by atoms with van der Waals surface area (Å²) in [6.45, 7) is -0.129. The van der Waals surface area contributed by atoms with Crippen LogP contribution in [0.2, 0.25) is 0 Å². The van der Waals surface area contributed by atoms with Gasteiger partial charge in [-0.15, -0.1) is 5.10 Å². The summed E-state index contributed by atoms with van der Waals surface area (Å²) in [5, 5.41) is 8.49. The zero-order chi connectivity index (χ0) is 16.7. The predicted molar refractivity (Wildman–Crippen MR) is 85.2 cm³/mol. The van der Waals surface area contributed by atoms with Crippen LogP contribution in [-0.2, 0) is 6.67 Å². The first kappa shape index (κ1) is 14.2. The van der Waals surface area contributed by atoms with E-state index in [2.05, 4.69) is 15.3 Å². The SMILES string of the molecule is O=c1c2ccc(F)cc2ncn1Cn1nnc2ccccc2c1=O. The van der Waals surface area contributed by atoms with E-state index in [9.17, 15) is 14.0 Å². The van der Waals surface area contributed by atoms with Crippen LogP contribution in [0.1, 0.15) is 0 Å². The molecule has 2 aromatic heterocycles. The van der Waals surface area contributed by atoms with Crippen molar-refractivity contribution in [2.24, 2.45) is 0 Å². The minimum atomic E-state index is -0.469. The fourth-order valence-corrected chi connectivity index (χ4v) is 2.49. The molecule has 2 heterocycles. The Balaban J connectivity index is 1.84. The molecule has 0 spiro atoms. The molecule has 0 aliphatic carbocycles. The van der Waals surface area contributed by atoms with Crippen molar-refractivity contribution < 1.29 is 4.39 Å². The second-order valence-corrected chi connectivity index (χ2v) is 5.23. The second-order valence-electron chi connectivity index (χ2n) is 5.23.